The highest BCUT2D eigenvalue weighted by molar-refractivity contribution is 7.86. The first-order valence-corrected chi connectivity index (χ1v) is 8.17. The monoisotopic (exact) mass is 320 g/mol. The summed E-state index contributed by atoms with van der Waals surface area (Å²) >= 11 is 0. The molecule has 7 heteroatoms. The summed E-state index contributed by atoms with van der Waals surface area (Å²) in [6.45, 7) is 1.63. The van der Waals surface area contributed by atoms with E-state index in [1.165, 1.54) is 24.5 Å². The van der Waals surface area contributed by atoms with Gasteiger partial charge in [-0.2, -0.15) is 8.42 Å². The van der Waals surface area contributed by atoms with Gasteiger partial charge in [0.05, 0.1) is 18.1 Å². The van der Waals surface area contributed by atoms with Gasteiger partial charge in [-0.05, 0) is 31.2 Å². The zero-order chi connectivity index (χ0) is 15.9. The van der Waals surface area contributed by atoms with Crippen molar-refractivity contribution in [2.24, 2.45) is 0 Å². The predicted molar refractivity (Wildman–Crippen MR) is 78.3 cm³/mol. The fourth-order valence-corrected chi connectivity index (χ4v) is 2.63. The zero-order valence-electron chi connectivity index (χ0n) is 11.8. The topological polar surface area (TPSA) is 82.8 Å². The SMILES string of the molecule is Cc1c(OS(C)(=O)=O)ccc2c1O/C(=C\c1ccco1)C2=O. The molecule has 0 unspecified atom stereocenters. The molecule has 0 radical (unpaired) electrons. The van der Waals surface area contributed by atoms with Crippen molar-refractivity contribution in [3.63, 3.8) is 0 Å². The smallest absolute Gasteiger partial charge is 0.306 e. The summed E-state index contributed by atoms with van der Waals surface area (Å²) in [5.74, 6) is 0.739. The number of Topliss-reactive ketones (excluding diaryl/α,β-unsaturated/α-hetero) is 1. The molecule has 0 saturated carbocycles. The first kappa shape index (κ1) is 14.4. The number of fused-ring (bicyclic) bond motifs is 1. The Hall–Kier alpha value is -2.54. The van der Waals surface area contributed by atoms with Crippen LogP contribution in [0.1, 0.15) is 21.7 Å². The molecule has 0 saturated heterocycles. The van der Waals surface area contributed by atoms with Crippen molar-refractivity contribution in [3.05, 3.63) is 53.2 Å². The fourth-order valence-electron chi connectivity index (χ4n) is 2.12. The van der Waals surface area contributed by atoms with Crippen LogP contribution in [0.3, 0.4) is 0 Å². The lowest BCUT2D eigenvalue weighted by Crippen LogP contribution is -2.07. The van der Waals surface area contributed by atoms with Gasteiger partial charge in [0.25, 0.3) is 0 Å². The molecule has 1 aliphatic rings. The normalized spacial score (nSPS) is 15.7. The minimum Gasteiger partial charge on any atom is -0.465 e. The third kappa shape index (κ3) is 2.62. The summed E-state index contributed by atoms with van der Waals surface area (Å²) in [5.41, 5.74) is 0.801. The predicted octanol–water partition coefficient (Wildman–Crippen LogP) is 2.54. The van der Waals surface area contributed by atoms with Crippen LogP contribution < -0.4 is 8.92 Å². The number of benzene rings is 1. The van der Waals surface area contributed by atoms with Crippen LogP contribution in [0.2, 0.25) is 0 Å². The second kappa shape index (κ2) is 5.03. The lowest BCUT2D eigenvalue weighted by molar-refractivity contribution is 0.101. The van der Waals surface area contributed by atoms with Gasteiger partial charge in [0, 0.05) is 11.6 Å². The van der Waals surface area contributed by atoms with E-state index in [-0.39, 0.29) is 17.3 Å². The maximum atomic E-state index is 12.3. The largest absolute Gasteiger partial charge is 0.465 e. The van der Waals surface area contributed by atoms with Crippen molar-refractivity contribution in [3.8, 4) is 11.5 Å². The molecule has 114 valence electrons. The molecule has 1 aromatic heterocycles. The Morgan fingerprint density at radius 2 is 2.00 bits per heavy atom. The lowest BCUT2D eigenvalue weighted by Gasteiger charge is -2.09. The Bertz CT molecular complexity index is 875. The maximum Gasteiger partial charge on any atom is 0.306 e. The Kier molecular flexibility index (Phi) is 3.29. The quantitative estimate of drug-likeness (QED) is 0.638. The number of allylic oxidation sites excluding steroid dienone is 1. The van der Waals surface area contributed by atoms with E-state index in [1.54, 1.807) is 19.1 Å². The lowest BCUT2D eigenvalue weighted by atomic mass is 10.1. The maximum absolute atomic E-state index is 12.3. The average Bonchev–Trinajstić information content (AvgIpc) is 3.03. The molecule has 6 nitrogen and oxygen atoms in total. The fraction of sp³-hybridized carbons (Fsp3) is 0.133. The molecule has 0 amide bonds. The number of carbonyl (C=O) groups excluding carboxylic acids is 1. The molecule has 0 spiro atoms. The molecule has 1 aromatic carbocycles. The minimum atomic E-state index is -3.66. The summed E-state index contributed by atoms with van der Waals surface area (Å²) in [6.07, 6.45) is 3.93. The molecule has 0 bridgehead atoms. The zero-order valence-corrected chi connectivity index (χ0v) is 12.6. The van der Waals surface area contributed by atoms with Crippen LogP contribution in [0, 0.1) is 6.92 Å². The molecule has 0 fully saturated rings. The van der Waals surface area contributed by atoms with E-state index in [2.05, 4.69) is 0 Å². The van der Waals surface area contributed by atoms with Gasteiger partial charge in [0.1, 0.15) is 17.3 Å². The number of carbonyl (C=O) groups is 1. The average molecular weight is 320 g/mol. The molecule has 0 atom stereocenters. The number of ketones is 1. The Morgan fingerprint density at radius 3 is 2.64 bits per heavy atom. The van der Waals surface area contributed by atoms with Gasteiger partial charge in [0.2, 0.25) is 5.78 Å². The van der Waals surface area contributed by atoms with E-state index in [0.717, 1.165) is 6.26 Å². The van der Waals surface area contributed by atoms with Crippen molar-refractivity contribution in [1.82, 2.24) is 0 Å². The molecule has 1 aliphatic heterocycles. The summed E-state index contributed by atoms with van der Waals surface area (Å²) in [7, 11) is -3.66. The number of furan rings is 1. The highest BCUT2D eigenvalue weighted by Crippen LogP contribution is 2.39. The number of hydrogen-bond donors (Lipinski definition) is 0. The van der Waals surface area contributed by atoms with Crippen molar-refractivity contribution in [2.45, 2.75) is 6.92 Å². The van der Waals surface area contributed by atoms with Gasteiger partial charge in [-0.3, -0.25) is 4.79 Å². The minimum absolute atomic E-state index is 0.115. The molecular formula is C15H12O6S. The highest BCUT2D eigenvalue weighted by Gasteiger charge is 2.30. The van der Waals surface area contributed by atoms with Gasteiger partial charge >= 0.3 is 10.1 Å². The molecule has 2 heterocycles. The van der Waals surface area contributed by atoms with Crippen molar-refractivity contribution >= 4 is 22.0 Å². The van der Waals surface area contributed by atoms with Crippen LogP contribution in [-0.4, -0.2) is 20.5 Å². The summed E-state index contributed by atoms with van der Waals surface area (Å²) in [5, 5.41) is 0. The Labute approximate surface area is 127 Å². The summed E-state index contributed by atoms with van der Waals surface area (Å²) < 4.78 is 38.1. The molecule has 0 N–H and O–H groups in total. The molecule has 2 aromatic rings. The third-order valence-corrected chi connectivity index (χ3v) is 3.58. The van der Waals surface area contributed by atoms with Crippen LogP contribution in [0.5, 0.6) is 11.5 Å². The van der Waals surface area contributed by atoms with Gasteiger partial charge in [-0.25, -0.2) is 0 Å². The van der Waals surface area contributed by atoms with Gasteiger partial charge in [0.15, 0.2) is 5.76 Å². The second-order valence-electron chi connectivity index (χ2n) is 4.81. The van der Waals surface area contributed by atoms with Crippen molar-refractivity contribution in [2.75, 3.05) is 6.26 Å². The summed E-state index contributed by atoms with van der Waals surface area (Å²) in [6, 6.07) is 6.31. The van der Waals surface area contributed by atoms with Crippen LogP contribution in [0.4, 0.5) is 0 Å². The first-order chi connectivity index (χ1) is 10.3. The van der Waals surface area contributed by atoms with Gasteiger partial charge in [-0.1, -0.05) is 0 Å². The van der Waals surface area contributed by atoms with Crippen LogP contribution in [0.15, 0.2) is 40.7 Å². The number of hydrogen-bond acceptors (Lipinski definition) is 6. The molecule has 22 heavy (non-hydrogen) atoms. The summed E-state index contributed by atoms with van der Waals surface area (Å²) in [4.78, 5) is 12.3. The van der Waals surface area contributed by atoms with E-state index in [0.29, 0.717) is 22.6 Å². The van der Waals surface area contributed by atoms with E-state index in [1.807, 2.05) is 0 Å². The number of rotatable bonds is 3. The van der Waals surface area contributed by atoms with E-state index in [9.17, 15) is 13.2 Å². The van der Waals surface area contributed by atoms with Crippen molar-refractivity contribution < 1.29 is 26.5 Å². The highest BCUT2D eigenvalue weighted by atomic mass is 32.2. The molecular weight excluding hydrogens is 308 g/mol. The van der Waals surface area contributed by atoms with Gasteiger partial charge in [-0.15, -0.1) is 0 Å². The van der Waals surface area contributed by atoms with Crippen LogP contribution in [-0.2, 0) is 10.1 Å². The Balaban J connectivity index is 2.01. The number of ether oxygens (including phenoxy) is 1. The molecule has 0 aliphatic carbocycles. The van der Waals surface area contributed by atoms with E-state index >= 15 is 0 Å². The van der Waals surface area contributed by atoms with Crippen LogP contribution >= 0.6 is 0 Å². The Morgan fingerprint density at radius 1 is 1.23 bits per heavy atom. The molecule has 3 rings (SSSR count). The van der Waals surface area contributed by atoms with E-state index < -0.39 is 10.1 Å². The first-order valence-electron chi connectivity index (χ1n) is 6.36. The van der Waals surface area contributed by atoms with Crippen LogP contribution in [0.25, 0.3) is 6.08 Å². The van der Waals surface area contributed by atoms with Gasteiger partial charge < -0.3 is 13.3 Å². The second-order valence-corrected chi connectivity index (χ2v) is 6.38. The third-order valence-electron chi connectivity index (χ3n) is 3.09. The van der Waals surface area contributed by atoms with E-state index in [4.69, 9.17) is 13.3 Å². The van der Waals surface area contributed by atoms with Crippen molar-refractivity contribution in [1.29, 1.82) is 0 Å². The standard InChI is InChI=1S/C15H12O6S/c1-9-12(21-22(2,17)18)6-5-11-14(16)13(20-15(9)11)8-10-4-3-7-19-10/h3-8H,1-2H3/b13-8-.